The Balaban J connectivity index is 1.21. The van der Waals surface area contributed by atoms with Crippen LogP contribution in [-0.2, 0) is 19.5 Å². The molecule has 0 unspecified atom stereocenters. The first-order valence-electron chi connectivity index (χ1n) is 11.8. The fraction of sp³-hybridized carbons (Fsp3) is 0.207. The normalized spacial score (nSPS) is 13.9. The molecule has 3 N–H and O–H groups in total. The van der Waals surface area contributed by atoms with Crippen LogP contribution in [-0.4, -0.2) is 34.0 Å². The number of hydrogen-bond donors (Lipinski definition) is 3. The van der Waals surface area contributed by atoms with E-state index in [0.717, 1.165) is 54.7 Å². The number of amides is 1. The number of phenols is 1. The highest BCUT2D eigenvalue weighted by Gasteiger charge is 2.22. The fourth-order valence-corrected chi connectivity index (χ4v) is 4.70. The minimum absolute atomic E-state index is 0.0255. The molecule has 5 nitrogen and oxygen atoms in total. The Morgan fingerprint density at radius 2 is 1.88 bits per heavy atom. The van der Waals surface area contributed by atoms with Crippen molar-refractivity contribution >= 4 is 22.9 Å². The molecule has 0 bridgehead atoms. The molecule has 1 aliphatic heterocycles. The van der Waals surface area contributed by atoms with Crippen molar-refractivity contribution in [1.82, 2.24) is 15.2 Å². The molecule has 2 heterocycles. The van der Waals surface area contributed by atoms with E-state index in [0.29, 0.717) is 6.54 Å². The lowest BCUT2D eigenvalue weighted by molar-refractivity contribution is 0.0952. The SMILES string of the molecule is O=C(NCCC=Cc1ccccc1)c1ccccc1CN1CCc2c([nH]c3cc(O)ccc23)C1. The van der Waals surface area contributed by atoms with Gasteiger partial charge in [0.15, 0.2) is 0 Å². The molecule has 4 aromatic rings. The molecule has 3 aromatic carbocycles. The molecule has 172 valence electrons. The number of benzene rings is 3. The van der Waals surface area contributed by atoms with Gasteiger partial charge < -0.3 is 15.4 Å². The summed E-state index contributed by atoms with van der Waals surface area (Å²) in [5, 5.41) is 14.0. The summed E-state index contributed by atoms with van der Waals surface area (Å²) in [5.41, 5.74) is 6.45. The number of carbonyl (C=O) groups excluding carboxylic acids is 1. The summed E-state index contributed by atoms with van der Waals surface area (Å²) in [7, 11) is 0. The third-order valence-corrected chi connectivity index (χ3v) is 6.40. The van der Waals surface area contributed by atoms with Crippen molar-refractivity contribution in [2.75, 3.05) is 13.1 Å². The first-order valence-corrected chi connectivity index (χ1v) is 11.8. The Morgan fingerprint density at radius 1 is 1.06 bits per heavy atom. The van der Waals surface area contributed by atoms with Gasteiger partial charge in [-0.25, -0.2) is 0 Å². The van der Waals surface area contributed by atoms with Crippen LogP contribution >= 0.6 is 0 Å². The van der Waals surface area contributed by atoms with E-state index < -0.39 is 0 Å². The predicted molar refractivity (Wildman–Crippen MR) is 137 cm³/mol. The van der Waals surface area contributed by atoms with E-state index in [2.05, 4.69) is 39.5 Å². The number of hydrogen-bond acceptors (Lipinski definition) is 3. The number of rotatable bonds is 7. The molecule has 1 amide bonds. The van der Waals surface area contributed by atoms with Gasteiger partial charge in [0, 0.05) is 54.4 Å². The van der Waals surface area contributed by atoms with Gasteiger partial charge in [0.2, 0.25) is 0 Å². The molecule has 5 rings (SSSR count). The van der Waals surface area contributed by atoms with Crippen LogP contribution in [0.4, 0.5) is 0 Å². The maximum atomic E-state index is 12.9. The summed E-state index contributed by atoms with van der Waals surface area (Å²) in [6, 6.07) is 23.6. The third-order valence-electron chi connectivity index (χ3n) is 6.40. The highest BCUT2D eigenvalue weighted by atomic mass is 16.3. The number of nitrogens with one attached hydrogen (secondary N) is 2. The van der Waals surface area contributed by atoms with Crippen LogP contribution in [0.5, 0.6) is 5.75 Å². The van der Waals surface area contributed by atoms with Crippen LogP contribution in [0.1, 0.15) is 39.2 Å². The van der Waals surface area contributed by atoms with E-state index in [9.17, 15) is 9.90 Å². The Hall–Kier alpha value is -3.83. The first-order chi connectivity index (χ1) is 16.7. The lowest BCUT2D eigenvalue weighted by atomic mass is 10.0. The van der Waals surface area contributed by atoms with Crippen LogP contribution in [0, 0.1) is 0 Å². The third kappa shape index (κ3) is 4.90. The van der Waals surface area contributed by atoms with Gasteiger partial charge in [-0.2, -0.15) is 0 Å². The van der Waals surface area contributed by atoms with Gasteiger partial charge in [0.25, 0.3) is 5.91 Å². The molecule has 0 saturated heterocycles. The van der Waals surface area contributed by atoms with Crippen molar-refractivity contribution in [3.05, 3.63) is 107 Å². The highest BCUT2D eigenvalue weighted by molar-refractivity contribution is 5.95. The average Bonchev–Trinajstić information content (AvgIpc) is 3.21. The van der Waals surface area contributed by atoms with Gasteiger partial charge in [-0.3, -0.25) is 9.69 Å². The smallest absolute Gasteiger partial charge is 0.251 e. The number of H-pyrrole nitrogens is 1. The van der Waals surface area contributed by atoms with Gasteiger partial charge in [-0.15, -0.1) is 0 Å². The fourth-order valence-electron chi connectivity index (χ4n) is 4.70. The lowest BCUT2D eigenvalue weighted by Gasteiger charge is -2.27. The van der Waals surface area contributed by atoms with E-state index >= 15 is 0 Å². The Morgan fingerprint density at radius 3 is 2.76 bits per heavy atom. The number of aromatic amines is 1. The van der Waals surface area contributed by atoms with Crippen LogP contribution in [0.2, 0.25) is 0 Å². The monoisotopic (exact) mass is 451 g/mol. The maximum absolute atomic E-state index is 12.9. The largest absolute Gasteiger partial charge is 0.508 e. The quantitative estimate of drug-likeness (QED) is 0.336. The highest BCUT2D eigenvalue weighted by Crippen LogP contribution is 2.30. The molecule has 0 radical (unpaired) electrons. The second-order valence-corrected chi connectivity index (χ2v) is 8.79. The summed E-state index contributed by atoms with van der Waals surface area (Å²) in [6.07, 6.45) is 5.90. The molecular formula is C29H29N3O2. The second-order valence-electron chi connectivity index (χ2n) is 8.79. The summed E-state index contributed by atoms with van der Waals surface area (Å²) >= 11 is 0. The Bertz CT molecular complexity index is 1320. The average molecular weight is 452 g/mol. The van der Waals surface area contributed by atoms with Crippen molar-refractivity contribution in [1.29, 1.82) is 0 Å². The molecule has 0 fully saturated rings. The Labute approximate surface area is 199 Å². The van der Waals surface area contributed by atoms with E-state index in [1.54, 1.807) is 12.1 Å². The summed E-state index contributed by atoms with van der Waals surface area (Å²) in [6.45, 7) is 3.05. The number of aromatic hydroxyl groups is 1. The summed E-state index contributed by atoms with van der Waals surface area (Å²) < 4.78 is 0. The first kappa shape index (κ1) is 22.0. The van der Waals surface area contributed by atoms with Gasteiger partial charge in [-0.05, 0) is 47.7 Å². The second kappa shape index (κ2) is 9.98. The minimum Gasteiger partial charge on any atom is -0.508 e. The molecule has 34 heavy (non-hydrogen) atoms. The molecule has 0 spiro atoms. The Kier molecular flexibility index (Phi) is 6.45. The van der Waals surface area contributed by atoms with E-state index in [1.807, 2.05) is 48.5 Å². The number of fused-ring (bicyclic) bond motifs is 3. The van der Waals surface area contributed by atoms with Gasteiger partial charge in [0.05, 0.1) is 0 Å². The van der Waals surface area contributed by atoms with E-state index in [-0.39, 0.29) is 11.7 Å². The zero-order chi connectivity index (χ0) is 23.3. The standard InChI is InChI=1S/C29H29N3O2/c33-23-13-14-25-26-15-17-32(20-28(26)31-27(25)18-23)19-22-11-4-5-12-24(22)29(34)30-16-7-6-10-21-8-2-1-3-9-21/h1-6,8-14,18,31,33H,7,15-17,19-20H2,(H,30,34). The van der Waals surface area contributed by atoms with Gasteiger partial charge in [-0.1, -0.05) is 60.7 Å². The van der Waals surface area contributed by atoms with Crippen molar-refractivity contribution in [3.63, 3.8) is 0 Å². The van der Waals surface area contributed by atoms with E-state index in [1.165, 1.54) is 16.6 Å². The zero-order valence-corrected chi connectivity index (χ0v) is 19.1. The van der Waals surface area contributed by atoms with Gasteiger partial charge in [0.1, 0.15) is 5.75 Å². The number of phenolic OH excluding ortho intramolecular Hbond substituents is 1. The topological polar surface area (TPSA) is 68.4 Å². The van der Waals surface area contributed by atoms with Crippen LogP contribution in [0.15, 0.2) is 78.9 Å². The van der Waals surface area contributed by atoms with Crippen molar-refractivity contribution in [3.8, 4) is 5.75 Å². The minimum atomic E-state index is -0.0255. The molecule has 0 saturated carbocycles. The molecule has 5 heteroatoms. The maximum Gasteiger partial charge on any atom is 0.251 e. The van der Waals surface area contributed by atoms with E-state index in [4.69, 9.17) is 0 Å². The number of carbonyl (C=O) groups is 1. The van der Waals surface area contributed by atoms with Crippen LogP contribution in [0.3, 0.4) is 0 Å². The number of nitrogens with zero attached hydrogens (tertiary/aromatic N) is 1. The predicted octanol–water partition coefficient (Wildman–Crippen LogP) is 5.27. The molecular weight excluding hydrogens is 422 g/mol. The van der Waals surface area contributed by atoms with Crippen LogP contribution < -0.4 is 5.32 Å². The van der Waals surface area contributed by atoms with Crippen molar-refractivity contribution < 1.29 is 9.90 Å². The molecule has 1 aliphatic rings. The van der Waals surface area contributed by atoms with Crippen LogP contribution in [0.25, 0.3) is 17.0 Å². The molecule has 0 aliphatic carbocycles. The van der Waals surface area contributed by atoms with Gasteiger partial charge >= 0.3 is 0 Å². The summed E-state index contributed by atoms with van der Waals surface area (Å²) in [5.74, 6) is 0.251. The molecule has 1 aromatic heterocycles. The lowest BCUT2D eigenvalue weighted by Crippen LogP contribution is -2.31. The molecule has 0 atom stereocenters. The van der Waals surface area contributed by atoms with Crippen molar-refractivity contribution in [2.45, 2.75) is 25.9 Å². The van der Waals surface area contributed by atoms with Crippen molar-refractivity contribution in [2.24, 2.45) is 0 Å². The zero-order valence-electron chi connectivity index (χ0n) is 19.1. The summed E-state index contributed by atoms with van der Waals surface area (Å²) in [4.78, 5) is 18.7. The number of aromatic nitrogens is 1.